The van der Waals surface area contributed by atoms with Crippen molar-refractivity contribution in [2.75, 3.05) is 0 Å². The predicted molar refractivity (Wildman–Crippen MR) is 126 cm³/mol. The number of imide groups is 1. The van der Waals surface area contributed by atoms with Crippen LogP contribution in [0.3, 0.4) is 0 Å². The summed E-state index contributed by atoms with van der Waals surface area (Å²) in [7, 11) is 0. The van der Waals surface area contributed by atoms with Crippen molar-refractivity contribution in [2.45, 2.75) is 39.0 Å². The minimum absolute atomic E-state index is 0.00634. The molecule has 2 atom stereocenters. The third kappa shape index (κ3) is 6.53. The zero-order valence-electron chi connectivity index (χ0n) is 18.5. The molecule has 0 spiro atoms. The Morgan fingerprint density at radius 2 is 1.31 bits per heavy atom. The van der Waals surface area contributed by atoms with E-state index in [2.05, 4.69) is 10.6 Å². The number of rotatable bonds is 9. The number of benzene rings is 3. The number of nitrogens with one attached hydrogen (secondary N) is 2. The van der Waals surface area contributed by atoms with Crippen molar-refractivity contribution < 1.29 is 14.3 Å². The highest BCUT2D eigenvalue weighted by Gasteiger charge is 2.29. The molecule has 3 aromatic carbocycles. The standard InChI is InChI=1S/C27H30N2O3/c1-3-20(2)24(26(30)29-27(31)32-19-21-13-7-4-8-14-21)28-25(22-15-9-5-10-16-22)23-17-11-6-12-18-23/h4-18,20,24-25,28H,3,19H2,1-2H3,(H,29,30,31)/t20-,24-/m0/s1. The van der Waals surface area contributed by atoms with Crippen LogP contribution in [0.1, 0.15) is 43.0 Å². The van der Waals surface area contributed by atoms with Crippen LogP contribution in [0.5, 0.6) is 0 Å². The monoisotopic (exact) mass is 430 g/mol. The van der Waals surface area contributed by atoms with Crippen LogP contribution in [0.4, 0.5) is 4.79 Å². The summed E-state index contributed by atoms with van der Waals surface area (Å²) in [6, 6.07) is 28.6. The highest BCUT2D eigenvalue weighted by molar-refractivity contribution is 5.95. The van der Waals surface area contributed by atoms with Crippen molar-refractivity contribution in [1.82, 2.24) is 10.6 Å². The van der Waals surface area contributed by atoms with Gasteiger partial charge in [0.2, 0.25) is 5.91 Å². The molecule has 0 radical (unpaired) electrons. The first-order chi connectivity index (χ1) is 15.6. The Hall–Kier alpha value is -3.44. The van der Waals surface area contributed by atoms with E-state index in [9.17, 15) is 9.59 Å². The lowest BCUT2D eigenvalue weighted by Crippen LogP contribution is -2.51. The van der Waals surface area contributed by atoms with Gasteiger partial charge < -0.3 is 4.74 Å². The first kappa shape index (κ1) is 23.2. The topological polar surface area (TPSA) is 67.4 Å². The van der Waals surface area contributed by atoms with Gasteiger partial charge in [-0.3, -0.25) is 15.4 Å². The number of alkyl carbamates (subject to hydrolysis) is 1. The fourth-order valence-corrected chi connectivity index (χ4v) is 3.53. The molecule has 166 valence electrons. The highest BCUT2D eigenvalue weighted by atomic mass is 16.5. The molecule has 0 unspecified atom stereocenters. The van der Waals surface area contributed by atoms with Crippen LogP contribution in [0.25, 0.3) is 0 Å². The molecule has 3 rings (SSSR count). The van der Waals surface area contributed by atoms with E-state index in [4.69, 9.17) is 4.74 Å². The lowest BCUT2D eigenvalue weighted by molar-refractivity contribution is -0.123. The Kier molecular flexibility index (Phi) is 8.58. The lowest BCUT2D eigenvalue weighted by Gasteiger charge is -2.29. The molecule has 0 bridgehead atoms. The Morgan fingerprint density at radius 3 is 1.81 bits per heavy atom. The van der Waals surface area contributed by atoms with Crippen LogP contribution in [-0.4, -0.2) is 18.0 Å². The SMILES string of the molecule is CC[C@H](C)[C@H](NC(c1ccccc1)c1ccccc1)C(=O)NC(=O)OCc1ccccc1. The fourth-order valence-electron chi connectivity index (χ4n) is 3.53. The Bertz CT molecular complexity index is 938. The Morgan fingerprint density at radius 1 is 0.812 bits per heavy atom. The first-order valence-electron chi connectivity index (χ1n) is 11.0. The molecule has 0 aromatic heterocycles. The van der Waals surface area contributed by atoms with Crippen LogP contribution in [-0.2, 0) is 16.1 Å². The van der Waals surface area contributed by atoms with Gasteiger partial charge in [-0.15, -0.1) is 0 Å². The molecular weight excluding hydrogens is 400 g/mol. The third-order valence-corrected chi connectivity index (χ3v) is 5.55. The van der Waals surface area contributed by atoms with Crippen molar-refractivity contribution >= 4 is 12.0 Å². The van der Waals surface area contributed by atoms with E-state index in [1.165, 1.54) is 0 Å². The number of hydrogen-bond donors (Lipinski definition) is 2. The summed E-state index contributed by atoms with van der Waals surface area (Å²) < 4.78 is 5.24. The average molecular weight is 431 g/mol. The minimum atomic E-state index is -0.745. The van der Waals surface area contributed by atoms with E-state index in [0.29, 0.717) is 0 Å². The number of carbonyl (C=O) groups is 2. The molecule has 0 aliphatic carbocycles. The molecular formula is C27H30N2O3. The second-order valence-electron chi connectivity index (χ2n) is 7.84. The van der Waals surface area contributed by atoms with Crippen molar-refractivity contribution in [1.29, 1.82) is 0 Å². The molecule has 0 saturated carbocycles. The molecule has 2 N–H and O–H groups in total. The van der Waals surface area contributed by atoms with Gasteiger partial charge in [-0.1, -0.05) is 111 Å². The van der Waals surface area contributed by atoms with E-state index in [0.717, 1.165) is 23.1 Å². The summed E-state index contributed by atoms with van der Waals surface area (Å²) in [5.74, 6) is -0.388. The smallest absolute Gasteiger partial charge is 0.414 e. The largest absolute Gasteiger partial charge is 0.444 e. The maximum absolute atomic E-state index is 13.1. The molecule has 32 heavy (non-hydrogen) atoms. The van der Waals surface area contributed by atoms with E-state index >= 15 is 0 Å². The number of carbonyl (C=O) groups excluding carboxylic acids is 2. The van der Waals surface area contributed by atoms with Crippen LogP contribution < -0.4 is 10.6 Å². The summed E-state index contributed by atoms with van der Waals surface area (Å²) in [5.41, 5.74) is 2.96. The molecule has 3 aromatic rings. The van der Waals surface area contributed by atoms with Gasteiger partial charge in [0, 0.05) is 0 Å². The van der Waals surface area contributed by atoms with Gasteiger partial charge in [-0.2, -0.15) is 0 Å². The quantitative estimate of drug-likeness (QED) is 0.488. The van der Waals surface area contributed by atoms with Gasteiger partial charge in [0.1, 0.15) is 6.61 Å². The van der Waals surface area contributed by atoms with E-state index < -0.39 is 18.0 Å². The molecule has 0 heterocycles. The summed E-state index contributed by atoms with van der Waals surface area (Å²) in [5, 5.41) is 5.91. The average Bonchev–Trinajstić information content (AvgIpc) is 2.84. The van der Waals surface area contributed by atoms with E-state index in [1.54, 1.807) is 0 Å². The van der Waals surface area contributed by atoms with Crippen molar-refractivity contribution in [3.05, 3.63) is 108 Å². The van der Waals surface area contributed by atoms with Crippen LogP contribution >= 0.6 is 0 Å². The van der Waals surface area contributed by atoms with Crippen LogP contribution in [0.2, 0.25) is 0 Å². The van der Waals surface area contributed by atoms with Crippen molar-refractivity contribution in [3.63, 3.8) is 0 Å². The molecule has 0 aliphatic rings. The number of ether oxygens (including phenoxy) is 1. The van der Waals surface area contributed by atoms with Gasteiger partial charge in [0.25, 0.3) is 0 Å². The van der Waals surface area contributed by atoms with Gasteiger partial charge in [0.15, 0.2) is 0 Å². The molecule has 0 saturated heterocycles. The summed E-state index contributed by atoms with van der Waals surface area (Å²) in [4.78, 5) is 25.4. The number of hydrogen-bond acceptors (Lipinski definition) is 4. The zero-order chi connectivity index (χ0) is 22.8. The normalized spacial score (nSPS) is 12.7. The maximum atomic E-state index is 13.1. The highest BCUT2D eigenvalue weighted by Crippen LogP contribution is 2.24. The lowest BCUT2D eigenvalue weighted by atomic mass is 9.93. The van der Waals surface area contributed by atoms with Gasteiger partial charge in [0.05, 0.1) is 12.1 Å². The molecule has 0 fully saturated rings. The van der Waals surface area contributed by atoms with Gasteiger partial charge in [-0.25, -0.2) is 4.79 Å². The molecule has 0 aliphatic heterocycles. The first-order valence-corrected chi connectivity index (χ1v) is 11.0. The molecule has 5 heteroatoms. The summed E-state index contributed by atoms with van der Waals surface area (Å²) in [6.07, 6.45) is 0.0328. The van der Waals surface area contributed by atoms with Gasteiger partial charge in [-0.05, 0) is 22.6 Å². The number of amides is 2. The zero-order valence-corrected chi connectivity index (χ0v) is 18.5. The Balaban J connectivity index is 1.73. The molecule has 2 amide bonds. The fraction of sp³-hybridized carbons (Fsp3) is 0.259. The summed E-state index contributed by atoms with van der Waals surface area (Å²) >= 11 is 0. The second-order valence-corrected chi connectivity index (χ2v) is 7.84. The van der Waals surface area contributed by atoms with E-state index in [1.807, 2.05) is 105 Å². The minimum Gasteiger partial charge on any atom is -0.444 e. The Labute approximate surface area is 189 Å². The van der Waals surface area contributed by atoms with Gasteiger partial charge >= 0.3 is 6.09 Å². The second kappa shape index (κ2) is 11.8. The van der Waals surface area contributed by atoms with Crippen LogP contribution in [0, 0.1) is 5.92 Å². The summed E-state index contributed by atoms with van der Waals surface area (Å²) in [6.45, 7) is 4.14. The van der Waals surface area contributed by atoms with Crippen molar-refractivity contribution in [3.8, 4) is 0 Å². The third-order valence-electron chi connectivity index (χ3n) is 5.55. The van der Waals surface area contributed by atoms with E-state index in [-0.39, 0.29) is 18.6 Å². The maximum Gasteiger partial charge on any atom is 0.414 e. The van der Waals surface area contributed by atoms with Crippen molar-refractivity contribution in [2.24, 2.45) is 5.92 Å². The van der Waals surface area contributed by atoms with Crippen LogP contribution in [0.15, 0.2) is 91.0 Å². The molecule has 5 nitrogen and oxygen atoms in total. The predicted octanol–water partition coefficient (Wildman–Crippen LogP) is 5.23.